The third-order valence-electron chi connectivity index (χ3n) is 5.66. The Kier molecular flexibility index (Phi) is 4.50. The van der Waals surface area contributed by atoms with Crippen molar-refractivity contribution in [2.75, 3.05) is 33.2 Å². The first-order valence-corrected chi connectivity index (χ1v) is 8.99. The summed E-state index contributed by atoms with van der Waals surface area (Å²) in [5.74, 6) is 0.464. The fourth-order valence-electron chi connectivity index (χ4n) is 3.97. The Bertz CT molecular complexity index is 570. The molecular weight excluding hydrogens is 288 g/mol. The SMILES string of the molecule is CCn1cc(C(=O)N2CCC3(CCN(C)CC3)C2)c(C(C)C)n1. The van der Waals surface area contributed by atoms with Gasteiger partial charge in [0.05, 0.1) is 11.3 Å². The second-order valence-electron chi connectivity index (χ2n) is 7.72. The van der Waals surface area contributed by atoms with Crippen molar-refractivity contribution in [1.82, 2.24) is 19.6 Å². The molecule has 1 aromatic rings. The first-order chi connectivity index (χ1) is 10.9. The van der Waals surface area contributed by atoms with E-state index in [1.807, 2.05) is 10.9 Å². The van der Waals surface area contributed by atoms with Crippen LogP contribution in [0.25, 0.3) is 0 Å². The zero-order valence-electron chi connectivity index (χ0n) is 15.0. The van der Waals surface area contributed by atoms with Gasteiger partial charge in [0.2, 0.25) is 0 Å². The Hall–Kier alpha value is -1.36. The monoisotopic (exact) mass is 318 g/mol. The van der Waals surface area contributed by atoms with Crippen LogP contribution in [-0.2, 0) is 6.54 Å². The molecule has 0 aromatic carbocycles. The highest BCUT2D eigenvalue weighted by Crippen LogP contribution is 2.40. The maximum atomic E-state index is 13.1. The summed E-state index contributed by atoms with van der Waals surface area (Å²) in [6.07, 6.45) is 5.54. The molecule has 5 heteroatoms. The van der Waals surface area contributed by atoms with E-state index in [1.54, 1.807) is 0 Å². The maximum absolute atomic E-state index is 13.1. The molecule has 2 aliphatic heterocycles. The van der Waals surface area contributed by atoms with E-state index in [4.69, 9.17) is 0 Å². The number of nitrogens with zero attached hydrogens (tertiary/aromatic N) is 4. The summed E-state index contributed by atoms with van der Waals surface area (Å²) < 4.78 is 1.89. The minimum atomic E-state index is 0.184. The molecule has 23 heavy (non-hydrogen) atoms. The number of amides is 1. The lowest BCUT2D eigenvalue weighted by Crippen LogP contribution is -2.40. The third-order valence-corrected chi connectivity index (χ3v) is 5.66. The first kappa shape index (κ1) is 16.5. The van der Waals surface area contributed by atoms with E-state index in [0.717, 1.165) is 50.4 Å². The van der Waals surface area contributed by atoms with Crippen LogP contribution in [0.2, 0.25) is 0 Å². The smallest absolute Gasteiger partial charge is 0.257 e. The Morgan fingerprint density at radius 2 is 1.91 bits per heavy atom. The van der Waals surface area contributed by atoms with E-state index in [0.29, 0.717) is 5.41 Å². The van der Waals surface area contributed by atoms with Crippen molar-refractivity contribution in [2.45, 2.75) is 52.5 Å². The van der Waals surface area contributed by atoms with E-state index in [9.17, 15) is 4.79 Å². The molecule has 128 valence electrons. The van der Waals surface area contributed by atoms with Gasteiger partial charge in [-0.3, -0.25) is 9.48 Å². The van der Waals surface area contributed by atoms with Crippen LogP contribution in [0.3, 0.4) is 0 Å². The van der Waals surface area contributed by atoms with Gasteiger partial charge in [-0.25, -0.2) is 0 Å². The van der Waals surface area contributed by atoms with Gasteiger partial charge in [0.25, 0.3) is 5.91 Å². The quantitative estimate of drug-likeness (QED) is 0.860. The average molecular weight is 318 g/mol. The standard InChI is InChI=1S/C18H30N4O/c1-5-22-12-15(16(19-22)14(2)3)17(23)21-11-8-18(13-21)6-9-20(4)10-7-18/h12,14H,5-11,13H2,1-4H3. The summed E-state index contributed by atoms with van der Waals surface area (Å²) in [7, 11) is 2.19. The first-order valence-electron chi connectivity index (χ1n) is 8.99. The van der Waals surface area contributed by atoms with Crippen LogP contribution in [0.1, 0.15) is 62.0 Å². The van der Waals surface area contributed by atoms with E-state index in [-0.39, 0.29) is 11.8 Å². The van der Waals surface area contributed by atoms with Crippen molar-refractivity contribution < 1.29 is 4.79 Å². The number of hydrogen-bond acceptors (Lipinski definition) is 3. The molecule has 1 spiro atoms. The lowest BCUT2D eigenvalue weighted by Gasteiger charge is -2.37. The van der Waals surface area contributed by atoms with Gasteiger partial charge >= 0.3 is 0 Å². The topological polar surface area (TPSA) is 41.4 Å². The van der Waals surface area contributed by atoms with Gasteiger partial charge in [-0.05, 0) is 57.7 Å². The molecular formula is C18H30N4O. The summed E-state index contributed by atoms with van der Waals surface area (Å²) in [6.45, 7) is 11.2. The van der Waals surface area contributed by atoms with Crippen molar-refractivity contribution >= 4 is 5.91 Å². The van der Waals surface area contributed by atoms with Crippen molar-refractivity contribution in [2.24, 2.45) is 5.41 Å². The van der Waals surface area contributed by atoms with Crippen molar-refractivity contribution in [1.29, 1.82) is 0 Å². The molecule has 0 aliphatic carbocycles. The molecule has 1 aromatic heterocycles. The van der Waals surface area contributed by atoms with Gasteiger partial charge in [0.15, 0.2) is 0 Å². The average Bonchev–Trinajstić information content (AvgIpc) is 3.15. The Balaban J connectivity index is 1.76. The molecule has 3 heterocycles. The van der Waals surface area contributed by atoms with Crippen LogP contribution in [-0.4, -0.2) is 58.7 Å². The fourth-order valence-corrected chi connectivity index (χ4v) is 3.97. The zero-order valence-corrected chi connectivity index (χ0v) is 15.0. The molecule has 0 unspecified atom stereocenters. The van der Waals surface area contributed by atoms with Gasteiger partial charge in [-0.2, -0.15) is 5.10 Å². The third kappa shape index (κ3) is 3.16. The Morgan fingerprint density at radius 3 is 2.52 bits per heavy atom. The van der Waals surface area contributed by atoms with Gasteiger partial charge in [-0.1, -0.05) is 13.8 Å². The number of aryl methyl sites for hydroxylation is 1. The van der Waals surface area contributed by atoms with Gasteiger partial charge in [-0.15, -0.1) is 0 Å². The van der Waals surface area contributed by atoms with Gasteiger partial charge < -0.3 is 9.80 Å². The minimum absolute atomic E-state index is 0.184. The van der Waals surface area contributed by atoms with Crippen molar-refractivity contribution in [3.05, 3.63) is 17.5 Å². The van der Waals surface area contributed by atoms with Crippen molar-refractivity contribution in [3.8, 4) is 0 Å². The number of rotatable bonds is 3. The molecule has 1 amide bonds. The summed E-state index contributed by atoms with van der Waals surface area (Å²) in [5, 5.41) is 4.60. The summed E-state index contributed by atoms with van der Waals surface area (Å²) in [5.41, 5.74) is 2.12. The zero-order chi connectivity index (χ0) is 16.6. The molecule has 5 nitrogen and oxygen atoms in total. The van der Waals surface area contributed by atoms with Crippen LogP contribution in [0.15, 0.2) is 6.20 Å². The number of likely N-dealkylation sites (tertiary alicyclic amines) is 2. The molecule has 0 atom stereocenters. The number of carbonyl (C=O) groups excluding carboxylic acids is 1. The summed E-state index contributed by atoms with van der Waals surface area (Å²) >= 11 is 0. The Labute approximate surface area is 139 Å². The van der Waals surface area contributed by atoms with Crippen LogP contribution in [0.4, 0.5) is 0 Å². The van der Waals surface area contributed by atoms with E-state index in [2.05, 4.69) is 42.7 Å². The highest BCUT2D eigenvalue weighted by atomic mass is 16.2. The molecule has 0 bridgehead atoms. The molecule has 2 saturated heterocycles. The second kappa shape index (κ2) is 6.27. The van der Waals surface area contributed by atoms with E-state index in [1.165, 1.54) is 12.8 Å². The number of carbonyl (C=O) groups is 1. The molecule has 0 saturated carbocycles. The number of piperidine rings is 1. The predicted molar refractivity (Wildman–Crippen MR) is 91.7 cm³/mol. The van der Waals surface area contributed by atoms with Crippen LogP contribution >= 0.6 is 0 Å². The lowest BCUT2D eigenvalue weighted by atomic mass is 9.78. The second-order valence-corrected chi connectivity index (χ2v) is 7.72. The van der Waals surface area contributed by atoms with Gasteiger partial charge in [0, 0.05) is 25.8 Å². The highest BCUT2D eigenvalue weighted by molar-refractivity contribution is 5.95. The van der Waals surface area contributed by atoms with Gasteiger partial charge in [0.1, 0.15) is 0 Å². The normalized spacial score (nSPS) is 21.5. The van der Waals surface area contributed by atoms with Crippen molar-refractivity contribution in [3.63, 3.8) is 0 Å². The minimum Gasteiger partial charge on any atom is -0.338 e. The summed E-state index contributed by atoms with van der Waals surface area (Å²) in [6, 6.07) is 0. The molecule has 3 rings (SSSR count). The van der Waals surface area contributed by atoms with Crippen LogP contribution in [0.5, 0.6) is 0 Å². The highest BCUT2D eigenvalue weighted by Gasteiger charge is 2.42. The van der Waals surface area contributed by atoms with Crippen LogP contribution < -0.4 is 0 Å². The number of aromatic nitrogens is 2. The largest absolute Gasteiger partial charge is 0.338 e. The van der Waals surface area contributed by atoms with E-state index >= 15 is 0 Å². The lowest BCUT2D eigenvalue weighted by molar-refractivity contribution is 0.0735. The number of hydrogen-bond donors (Lipinski definition) is 0. The molecule has 0 N–H and O–H groups in total. The Morgan fingerprint density at radius 1 is 1.26 bits per heavy atom. The molecule has 2 fully saturated rings. The molecule has 2 aliphatic rings. The van der Waals surface area contributed by atoms with E-state index < -0.39 is 0 Å². The fraction of sp³-hybridized carbons (Fsp3) is 0.778. The van der Waals surface area contributed by atoms with Crippen LogP contribution in [0, 0.1) is 5.41 Å². The summed E-state index contributed by atoms with van der Waals surface area (Å²) in [4.78, 5) is 17.5. The molecule has 0 radical (unpaired) electrons. The maximum Gasteiger partial charge on any atom is 0.257 e. The predicted octanol–water partition coefficient (Wildman–Crippen LogP) is 2.58.